The molecule has 1 aromatic heterocycles. The van der Waals surface area contributed by atoms with Gasteiger partial charge < -0.3 is 15.4 Å². The van der Waals surface area contributed by atoms with Crippen LogP contribution in [-0.2, 0) is 4.79 Å². The van der Waals surface area contributed by atoms with Gasteiger partial charge in [0.15, 0.2) is 0 Å². The molecule has 0 aliphatic rings. The lowest BCUT2D eigenvalue weighted by atomic mass is 10.1. The molecule has 1 atom stereocenters. The van der Waals surface area contributed by atoms with Crippen LogP contribution in [0.25, 0.3) is 10.9 Å². The maximum absolute atomic E-state index is 12.2. The molecule has 0 bridgehead atoms. The molecular formula is C16H22N2O2S. The summed E-state index contributed by atoms with van der Waals surface area (Å²) in [7, 11) is 0. The summed E-state index contributed by atoms with van der Waals surface area (Å²) in [6.45, 7) is 4.45. The Balaban J connectivity index is 2.20. The van der Waals surface area contributed by atoms with Gasteiger partial charge in [0.25, 0.3) is 0 Å². The zero-order chi connectivity index (χ0) is 15.2. The monoisotopic (exact) mass is 306 g/mol. The normalized spacial score (nSPS) is 12.5. The van der Waals surface area contributed by atoms with Gasteiger partial charge in [-0.3, -0.25) is 4.79 Å². The molecule has 0 saturated heterocycles. The Labute approximate surface area is 129 Å². The minimum atomic E-state index is -0.125. The van der Waals surface area contributed by atoms with Crippen LogP contribution in [0.1, 0.15) is 25.3 Å². The Hall–Kier alpha value is -1.46. The highest BCUT2D eigenvalue weighted by Gasteiger charge is 2.20. The topological polar surface area (TPSA) is 65.1 Å². The van der Waals surface area contributed by atoms with Gasteiger partial charge in [0.05, 0.1) is 11.9 Å². The van der Waals surface area contributed by atoms with Crippen molar-refractivity contribution in [2.75, 3.05) is 13.2 Å². The molecule has 0 spiro atoms. The van der Waals surface area contributed by atoms with Crippen molar-refractivity contribution in [1.29, 1.82) is 0 Å². The first-order valence-corrected chi connectivity index (χ1v) is 8.17. The SMILES string of the molecule is CCCC(Sc1c[nH]c2cccc(C)c12)C(=O)NCCO. The molecule has 1 aromatic carbocycles. The fourth-order valence-corrected chi connectivity index (χ4v) is 3.74. The Morgan fingerprint density at radius 1 is 1.48 bits per heavy atom. The summed E-state index contributed by atoms with van der Waals surface area (Å²) >= 11 is 1.60. The van der Waals surface area contributed by atoms with E-state index >= 15 is 0 Å². The first kappa shape index (κ1) is 15.9. The van der Waals surface area contributed by atoms with Crippen molar-refractivity contribution in [3.8, 4) is 0 Å². The molecule has 1 unspecified atom stereocenters. The second-order valence-electron chi connectivity index (χ2n) is 5.06. The molecule has 1 amide bonds. The van der Waals surface area contributed by atoms with Gasteiger partial charge in [0.1, 0.15) is 0 Å². The molecule has 0 aliphatic heterocycles. The second kappa shape index (κ2) is 7.52. The first-order chi connectivity index (χ1) is 10.2. The number of benzene rings is 1. The summed E-state index contributed by atoms with van der Waals surface area (Å²) < 4.78 is 0. The predicted molar refractivity (Wildman–Crippen MR) is 87.7 cm³/mol. The van der Waals surface area contributed by atoms with Gasteiger partial charge in [-0.25, -0.2) is 0 Å². The maximum atomic E-state index is 12.2. The second-order valence-corrected chi connectivity index (χ2v) is 6.30. The van der Waals surface area contributed by atoms with E-state index in [9.17, 15) is 4.79 Å². The molecular weight excluding hydrogens is 284 g/mol. The largest absolute Gasteiger partial charge is 0.395 e. The summed E-state index contributed by atoms with van der Waals surface area (Å²) in [6.07, 6.45) is 3.75. The van der Waals surface area contributed by atoms with Crippen molar-refractivity contribution in [3.63, 3.8) is 0 Å². The molecule has 21 heavy (non-hydrogen) atoms. The predicted octanol–water partition coefficient (Wildman–Crippen LogP) is 2.85. The van der Waals surface area contributed by atoms with Crippen molar-refractivity contribution in [3.05, 3.63) is 30.0 Å². The molecule has 4 nitrogen and oxygen atoms in total. The molecule has 5 heteroatoms. The molecule has 114 valence electrons. The lowest BCUT2D eigenvalue weighted by Gasteiger charge is -2.15. The van der Waals surface area contributed by atoms with Crippen molar-refractivity contribution in [1.82, 2.24) is 10.3 Å². The van der Waals surface area contributed by atoms with E-state index in [4.69, 9.17) is 5.11 Å². The van der Waals surface area contributed by atoms with Gasteiger partial charge in [-0.15, -0.1) is 11.8 Å². The smallest absolute Gasteiger partial charge is 0.233 e. The average molecular weight is 306 g/mol. The van der Waals surface area contributed by atoms with E-state index < -0.39 is 0 Å². The average Bonchev–Trinajstić information content (AvgIpc) is 2.89. The lowest BCUT2D eigenvalue weighted by molar-refractivity contribution is -0.120. The van der Waals surface area contributed by atoms with Crippen molar-refractivity contribution >= 4 is 28.6 Å². The summed E-state index contributed by atoms with van der Waals surface area (Å²) in [5.74, 6) is -0.00108. The molecule has 0 radical (unpaired) electrons. The quantitative estimate of drug-likeness (QED) is 0.689. The number of aliphatic hydroxyl groups is 1. The number of carbonyl (C=O) groups excluding carboxylic acids is 1. The van der Waals surface area contributed by atoms with Crippen LogP contribution >= 0.6 is 11.8 Å². The molecule has 0 saturated carbocycles. The number of thioether (sulfide) groups is 1. The van der Waals surface area contributed by atoms with E-state index in [0.717, 1.165) is 23.3 Å². The van der Waals surface area contributed by atoms with Crippen LogP contribution in [0.5, 0.6) is 0 Å². The van der Waals surface area contributed by atoms with Crippen LogP contribution in [0.2, 0.25) is 0 Å². The maximum Gasteiger partial charge on any atom is 0.233 e. The minimum absolute atomic E-state index is 0.00108. The summed E-state index contributed by atoms with van der Waals surface area (Å²) in [6, 6.07) is 6.16. The Morgan fingerprint density at radius 2 is 2.29 bits per heavy atom. The van der Waals surface area contributed by atoms with E-state index in [0.29, 0.717) is 6.54 Å². The van der Waals surface area contributed by atoms with E-state index in [1.807, 2.05) is 18.3 Å². The molecule has 3 N–H and O–H groups in total. The van der Waals surface area contributed by atoms with Gasteiger partial charge in [-0.2, -0.15) is 0 Å². The van der Waals surface area contributed by atoms with Gasteiger partial charge in [0, 0.05) is 28.5 Å². The molecule has 0 aliphatic carbocycles. The third-order valence-corrected chi connectivity index (χ3v) is 4.71. The molecule has 2 rings (SSSR count). The van der Waals surface area contributed by atoms with Crippen LogP contribution in [-0.4, -0.2) is 34.4 Å². The van der Waals surface area contributed by atoms with Gasteiger partial charge >= 0.3 is 0 Å². The van der Waals surface area contributed by atoms with Crippen molar-refractivity contribution in [2.45, 2.75) is 36.8 Å². The number of rotatable bonds is 7. The number of aromatic amines is 1. The van der Waals surface area contributed by atoms with Gasteiger partial charge in [-0.1, -0.05) is 25.5 Å². The zero-order valence-electron chi connectivity index (χ0n) is 12.5. The standard InChI is InChI=1S/C16H22N2O2S/c1-3-5-13(16(20)17-8-9-19)21-14-10-18-12-7-4-6-11(2)15(12)14/h4,6-7,10,13,18-19H,3,5,8-9H2,1-2H3,(H,17,20). The fourth-order valence-electron chi connectivity index (χ4n) is 2.38. The zero-order valence-corrected chi connectivity index (χ0v) is 13.3. The lowest BCUT2D eigenvalue weighted by Crippen LogP contribution is -2.34. The number of hydrogen-bond acceptors (Lipinski definition) is 3. The molecule has 2 aromatic rings. The van der Waals surface area contributed by atoms with Crippen LogP contribution in [0.4, 0.5) is 0 Å². The van der Waals surface area contributed by atoms with Crippen LogP contribution < -0.4 is 5.32 Å². The molecule has 0 fully saturated rings. The summed E-state index contributed by atoms with van der Waals surface area (Å²) in [4.78, 5) is 16.6. The highest BCUT2D eigenvalue weighted by molar-refractivity contribution is 8.00. The Kier molecular flexibility index (Phi) is 5.70. The number of nitrogens with one attached hydrogen (secondary N) is 2. The van der Waals surface area contributed by atoms with Crippen molar-refractivity contribution < 1.29 is 9.90 Å². The van der Waals surface area contributed by atoms with Crippen LogP contribution in [0.3, 0.4) is 0 Å². The number of H-pyrrole nitrogens is 1. The number of carbonyl (C=O) groups is 1. The highest BCUT2D eigenvalue weighted by atomic mass is 32.2. The first-order valence-electron chi connectivity index (χ1n) is 7.29. The van der Waals surface area contributed by atoms with Crippen molar-refractivity contribution in [2.24, 2.45) is 0 Å². The fraction of sp³-hybridized carbons (Fsp3) is 0.438. The number of aliphatic hydroxyl groups excluding tert-OH is 1. The highest BCUT2D eigenvalue weighted by Crippen LogP contribution is 2.34. The number of hydrogen-bond donors (Lipinski definition) is 3. The number of fused-ring (bicyclic) bond motifs is 1. The Morgan fingerprint density at radius 3 is 3.00 bits per heavy atom. The number of amides is 1. The third-order valence-electron chi connectivity index (χ3n) is 3.40. The third kappa shape index (κ3) is 3.80. The molecule has 1 heterocycles. The number of aryl methyl sites for hydroxylation is 1. The minimum Gasteiger partial charge on any atom is -0.395 e. The Bertz CT molecular complexity index is 609. The van der Waals surface area contributed by atoms with E-state index in [2.05, 4.69) is 30.2 Å². The summed E-state index contributed by atoms with van der Waals surface area (Å²) in [5, 5.41) is 12.7. The summed E-state index contributed by atoms with van der Waals surface area (Å²) in [5.41, 5.74) is 2.31. The van der Waals surface area contributed by atoms with E-state index in [1.54, 1.807) is 11.8 Å². The number of aromatic nitrogens is 1. The van der Waals surface area contributed by atoms with Crippen LogP contribution in [0, 0.1) is 6.92 Å². The van der Waals surface area contributed by atoms with E-state index in [-0.39, 0.29) is 17.8 Å². The van der Waals surface area contributed by atoms with Gasteiger partial charge in [0.2, 0.25) is 5.91 Å². The van der Waals surface area contributed by atoms with E-state index in [1.165, 1.54) is 10.9 Å². The van der Waals surface area contributed by atoms with Crippen LogP contribution in [0.15, 0.2) is 29.3 Å². The van der Waals surface area contributed by atoms with Gasteiger partial charge in [-0.05, 0) is 25.0 Å².